The molecule has 6 heteroatoms. The number of benzene rings is 1. The third-order valence-electron chi connectivity index (χ3n) is 3.14. The number of primary amides is 1. The molecule has 3 N–H and O–H groups in total. The fourth-order valence-corrected chi connectivity index (χ4v) is 3.21. The second-order valence-corrected chi connectivity index (χ2v) is 6.39. The van der Waals surface area contributed by atoms with E-state index in [0.29, 0.717) is 15.6 Å². The van der Waals surface area contributed by atoms with E-state index < -0.39 is 5.91 Å². The Balaban J connectivity index is 2.16. The van der Waals surface area contributed by atoms with Crippen molar-refractivity contribution in [3.8, 4) is 0 Å². The lowest BCUT2D eigenvalue weighted by Crippen LogP contribution is -2.16. The number of thiophene rings is 1. The molecule has 2 rings (SSSR count). The van der Waals surface area contributed by atoms with Gasteiger partial charge in [0.05, 0.1) is 5.56 Å². The SMILES string of the molecule is Cc1sc(NC(=O)C=Cc2cccc(Cl)c2)c(C(N)=O)c1C. The zero-order valence-electron chi connectivity index (χ0n) is 12.1. The Morgan fingerprint density at radius 3 is 2.68 bits per heavy atom. The van der Waals surface area contributed by atoms with Gasteiger partial charge in [0, 0.05) is 16.0 Å². The fraction of sp³-hybridized carbons (Fsp3) is 0.125. The molecule has 2 aromatic rings. The van der Waals surface area contributed by atoms with Crippen molar-refractivity contribution in [2.75, 3.05) is 5.32 Å². The van der Waals surface area contributed by atoms with Crippen molar-refractivity contribution in [1.29, 1.82) is 0 Å². The first-order valence-corrected chi connectivity index (χ1v) is 7.72. The zero-order chi connectivity index (χ0) is 16.3. The maximum absolute atomic E-state index is 12.0. The second-order valence-electron chi connectivity index (χ2n) is 4.73. The van der Waals surface area contributed by atoms with Crippen LogP contribution in [0.2, 0.25) is 5.02 Å². The van der Waals surface area contributed by atoms with Gasteiger partial charge in [-0.15, -0.1) is 11.3 Å². The Morgan fingerprint density at radius 1 is 1.32 bits per heavy atom. The number of anilines is 1. The molecule has 0 bridgehead atoms. The molecular weight excluding hydrogens is 320 g/mol. The first-order chi connectivity index (χ1) is 10.4. The number of amides is 2. The first kappa shape index (κ1) is 16.3. The van der Waals surface area contributed by atoms with Gasteiger partial charge in [0.25, 0.3) is 5.91 Å². The van der Waals surface area contributed by atoms with Crippen LogP contribution >= 0.6 is 22.9 Å². The summed E-state index contributed by atoms with van der Waals surface area (Å²) >= 11 is 7.22. The maximum Gasteiger partial charge on any atom is 0.251 e. The molecule has 1 aromatic carbocycles. The van der Waals surface area contributed by atoms with E-state index in [0.717, 1.165) is 16.0 Å². The third kappa shape index (κ3) is 3.75. The quantitative estimate of drug-likeness (QED) is 0.835. The number of nitrogens with two attached hydrogens (primary N) is 1. The Bertz CT molecular complexity index is 766. The molecule has 0 unspecified atom stereocenters. The number of hydrogen-bond donors (Lipinski definition) is 2. The Morgan fingerprint density at radius 2 is 2.05 bits per heavy atom. The van der Waals surface area contributed by atoms with E-state index in [-0.39, 0.29) is 5.91 Å². The van der Waals surface area contributed by atoms with Crippen LogP contribution in [0.3, 0.4) is 0 Å². The van der Waals surface area contributed by atoms with Crippen LogP contribution in [0.15, 0.2) is 30.3 Å². The van der Waals surface area contributed by atoms with Crippen LogP contribution < -0.4 is 11.1 Å². The van der Waals surface area contributed by atoms with Gasteiger partial charge in [-0.25, -0.2) is 0 Å². The summed E-state index contributed by atoms with van der Waals surface area (Å²) in [6, 6.07) is 7.15. The standard InChI is InChI=1S/C16H15ClN2O2S/c1-9-10(2)22-16(14(9)15(18)21)19-13(20)7-6-11-4-3-5-12(17)8-11/h3-8H,1-2H3,(H2,18,21)(H,19,20). The Labute approximate surface area is 137 Å². The van der Waals surface area contributed by atoms with Crippen molar-refractivity contribution in [2.24, 2.45) is 5.73 Å². The number of hydrogen-bond acceptors (Lipinski definition) is 3. The van der Waals surface area contributed by atoms with Crippen molar-refractivity contribution in [1.82, 2.24) is 0 Å². The zero-order valence-corrected chi connectivity index (χ0v) is 13.7. The number of aryl methyl sites for hydroxylation is 1. The summed E-state index contributed by atoms with van der Waals surface area (Å²) < 4.78 is 0. The topological polar surface area (TPSA) is 72.2 Å². The lowest BCUT2D eigenvalue weighted by atomic mass is 10.1. The minimum Gasteiger partial charge on any atom is -0.365 e. The van der Waals surface area contributed by atoms with Crippen LogP contribution in [0.1, 0.15) is 26.4 Å². The third-order valence-corrected chi connectivity index (χ3v) is 4.50. The van der Waals surface area contributed by atoms with E-state index in [1.165, 1.54) is 17.4 Å². The molecule has 0 aliphatic carbocycles. The van der Waals surface area contributed by atoms with Gasteiger partial charge in [0.2, 0.25) is 5.91 Å². The Hall–Kier alpha value is -2.11. The molecule has 0 radical (unpaired) electrons. The molecule has 0 atom stereocenters. The lowest BCUT2D eigenvalue weighted by Gasteiger charge is -2.02. The summed E-state index contributed by atoms with van der Waals surface area (Å²) in [4.78, 5) is 24.4. The lowest BCUT2D eigenvalue weighted by molar-refractivity contribution is -0.111. The second kappa shape index (κ2) is 6.77. The van der Waals surface area contributed by atoms with Crippen LogP contribution in [0, 0.1) is 13.8 Å². The van der Waals surface area contributed by atoms with Gasteiger partial charge >= 0.3 is 0 Å². The predicted octanol–water partition coefficient (Wildman–Crippen LogP) is 3.77. The maximum atomic E-state index is 12.0. The summed E-state index contributed by atoms with van der Waals surface area (Å²) in [5, 5.41) is 3.77. The van der Waals surface area contributed by atoms with E-state index in [4.69, 9.17) is 17.3 Å². The van der Waals surface area contributed by atoms with Crippen molar-refractivity contribution in [3.05, 3.63) is 56.9 Å². The predicted molar refractivity (Wildman–Crippen MR) is 91.4 cm³/mol. The van der Waals surface area contributed by atoms with Crippen LogP contribution in [-0.4, -0.2) is 11.8 Å². The van der Waals surface area contributed by atoms with Crippen molar-refractivity contribution >= 4 is 45.8 Å². The molecule has 1 aromatic heterocycles. The number of nitrogens with one attached hydrogen (secondary N) is 1. The van der Waals surface area contributed by atoms with Crippen LogP contribution in [-0.2, 0) is 4.79 Å². The molecule has 0 aliphatic heterocycles. The highest BCUT2D eigenvalue weighted by Crippen LogP contribution is 2.32. The van der Waals surface area contributed by atoms with E-state index in [2.05, 4.69) is 5.32 Å². The van der Waals surface area contributed by atoms with Crippen LogP contribution in [0.5, 0.6) is 0 Å². The molecule has 0 fully saturated rings. The molecule has 1 heterocycles. The summed E-state index contributed by atoms with van der Waals surface area (Å²) in [6.07, 6.45) is 3.04. The molecule has 0 saturated carbocycles. The fourth-order valence-electron chi connectivity index (χ4n) is 1.95. The molecule has 114 valence electrons. The van der Waals surface area contributed by atoms with E-state index in [9.17, 15) is 9.59 Å². The van der Waals surface area contributed by atoms with Crippen molar-refractivity contribution < 1.29 is 9.59 Å². The molecule has 0 spiro atoms. The molecular formula is C16H15ClN2O2S. The van der Waals surface area contributed by atoms with E-state index in [1.807, 2.05) is 19.9 Å². The van der Waals surface area contributed by atoms with Gasteiger partial charge in [-0.2, -0.15) is 0 Å². The van der Waals surface area contributed by atoms with Gasteiger partial charge in [-0.05, 0) is 43.2 Å². The smallest absolute Gasteiger partial charge is 0.251 e. The van der Waals surface area contributed by atoms with E-state index in [1.54, 1.807) is 24.3 Å². The average molecular weight is 335 g/mol. The summed E-state index contributed by atoms with van der Waals surface area (Å²) in [6.45, 7) is 3.69. The summed E-state index contributed by atoms with van der Waals surface area (Å²) in [7, 11) is 0. The largest absolute Gasteiger partial charge is 0.365 e. The van der Waals surface area contributed by atoms with Gasteiger partial charge in [0.15, 0.2) is 0 Å². The number of carbonyl (C=O) groups excluding carboxylic acids is 2. The molecule has 22 heavy (non-hydrogen) atoms. The summed E-state index contributed by atoms with van der Waals surface area (Å²) in [5.41, 5.74) is 7.35. The minimum atomic E-state index is -0.545. The highest BCUT2D eigenvalue weighted by atomic mass is 35.5. The van der Waals surface area contributed by atoms with Gasteiger partial charge in [-0.1, -0.05) is 23.7 Å². The molecule has 4 nitrogen and oxygen atoms in total. The molecule has 2 amide bonds. The van der Waals surface area contributed by atoms with Crippen LogP contribution in [0.4, 0.5) is 5.00 Å². The monoisotopic (exact) mass is 334 g/mol. The van der Waals surface area contributed by atoms with Gasteiger partial charge in [0.1, 0.15) is 5.00 Å². The molecule has 0 aliphatic rings. The van der Waals surface area contributed by atoms with Gasteiger partial charge < -0.3 is 11.1 Å². The van der Waals surface area contributed by atoms with Crippen molar-refractivity contribution in [2.45, 2.75) is 13.8 Å². The van der Waals surface area contributed by atoms with Crippen molar-refractivity contribution in [3.63, 3.8) is 0 Å². The van der Waals surface area contributed by atoms with Crippen LogP contribution in [0.25, 0.3) is 6.08 Å². The highest BCUT2D eigenvalue weighted by molar-refractivity contribution is 7.16. The Kier molecular flexibility index (Phi) is 5.00. The normalized spacial score (nSPS) is 10.9. The minimum absolute atomic E-state index is 0.330. The highest BCUT2D eigenvalue weighted by Gasteiger charge is 2.18. The number of carbonyl (C=O) groups is 2. The van der Waals surface area contributed by atoms with E-state index >= 15 is 0 Å². The first-order valence-electron chi connectivity index (χ1n) is 6.53. The van der Waals surface area contributed by atoms with Gasteiger partial charge in [-0.3, -0.25) is 9.59 Å². The average Bonchev–Trinajstić information content (AvgIpc) is 2.71. The number of rotatable bonds is 4. The number of halogens is 1. The summed E-state index contributed by atoms with van der Waals surface area (Å²) in [5.74, 6) is -0.875. The molecule has 0 saturated heterocycles.